The Bertz CT molecular complexity index is 219. The van der Waals surface area contributed by atoms with Crippen molar-refractivity contribution in [1.82, 2.24) is 10.2 Å². The van der Waals surface area contributed by atoms with Crippen LogP contribution in [0.2, 0.25) is 0 Å². The average molecular weight is 228 g/mol. The molecule has 1 saturated heterocycles. The minimum atomic E-state index is -0.454. The minimum absolute atomic E-state index is 0.195. The molecular formula is C12H24N2O2. The zero-order valence-electron chi connectivity index (χ0n) is 10.4. The predicted molar refractivity (Wildman–Crippen MR) is 64.2 cm³/mol. The van der Waals surface area contributed by atoms with Crippen molar-refractivity contribution in [2.75, 3.05) is 19.6 Å². The Kier molecular flexibility index (Phi) is 5.77. The van der Waals surface area contributed by atoms with Crippen LogP contribution in [0.1, 0.15) is 39.5 Å². The number of aliphatic hydroxyl groups is 1. The number of nitrogens with zero attached hydrogens (tertiary/aromatic N) is 1. The lowest BCUT2D eigenvalue weighted by Crippen LogP contribution is -2.42. The van der Waals surface area contributed by atoms with Gasteiger partial charge in [0.25, 0.3) is 0 Å². The number of amides is 1. The van der Waals surface area contributed by atoms with Gasteiger partial charge in [-0.05, 0) is 12.8 Å². The van der Waals surface area contributed by atoms with Gasteiger partial charge in [-0.3, -0.25) is 4.79 Å². The largest absolute Gasteiger partial charge is 0.390 e. The molecule has 94 valence electrons. The van der Waals surface area contributed by atoms with Gasteiger partial charge in [0, 0.05) is 32.1 Å². The second-order valence-electron chi connectivity index (χ2n) is 4.87. The summed E-state index contributed by atoms with van der Waals surface area (Å²) >= 11 is 0. The second-order valence-corrected chi connectivity index (χ2v) is 4.87. The van der Waals surface area contributed by atoms with Crippen LogP contribution in [-0.2, 0) is 4.79 Å². The van der Waals surface area contributed by atoms with E-state index in [1.165, 1.54) is 0 Å². The first kappa shape index (κ1) is 13.5. The normalized spacial score (nSPS) is 20.0. The van der Waals surface area contributed by atoms with E-state index in [0.29, 0.717) is 25.6 Å². The van der Waals surface area contributed by atoms with Crippen molar-refractivity contribution in [3.8, 4) is 0 Å². The van der Waals surface area contributed by atoms with Gasteiger partial charge in [-0.25, -0.2) is 0 Å². The van der Waals surface area contributed by atoms with Crippen LogP contribution < -0.4 is 5.32 Å². The molecule has 1 unspecified atom stereocenters. The topological polar surface area (TPSA) is 52.6 Å². The lowest BCUT2D eigenvalue weighted by Gasteiger charge is -2.24. The molecule has 0 aliphatic carbocycles. The molecule has 0 aromatic rings. The summed E-state index contributed by atoms with van der Waals surface area (Å²) in [5, 5.41) is 13.0. The van der Waals surface area contributed by atoms with E-state index >= 15 is 0 Å². The average Bonchev–Trinajstić information content (AvgIpc) is 2.42. The van der Waals surface area contributed by atoms with E-state index in [1.54, 1.807) is 4.90 Å². The number of β-amino-alcohol motifs (C(OH)–C–C–N with tert-alkyl or cyclic N) is 1. The lowest BCUT2D eigenvalue weighted by molar-refractivity contribution is -0.132. The third-order valence-corrected chi connectivity index (χ3v) is 2.86. The molecule has 0 spiro atoms. The Labute approximate surface area is 98.0 Å². The van der Waals surface area contributed by atoms with Gasteiger partial charge in [-0.15, -0.1) is 0 Å². The van der Waals surface area contributed by atoms with E-state index in [2.05, 4.69) is 5.32 Å². The molecule has 0 aromatic heterocycles. The molecule has 1 heterocycles. The van der Waals surface area contributed by atoms with Gasteiger partial charge >= 0.3 is 0 Å². The van der Waals surface area contributed by atoms with Gasteiger partial charge in [0.1, 0.15) is 0 Å². The second kappa shape index (κ2) is 6.86. The third-order valence-electron chi connectivity index (χ3n) is 2.86. The first-order valence-electron chi connectivity index (χ1n) is 6.29. The Balaban J connectivity index is 2.30. The summed E-state index contributed by atoms with van der Waals surface area (Å²) in [5.41, 5.74) is 0. The molecule has 1 rings (SSSR count). The Hall–Kier alpha value is -0.610. The van der Waals surface area contributed by atoms with Crippen LogP contribution in [0.4, 0.5) is 0 Å². The van der Waals surface area contributed by atoms with Crippen LogP contribution in [0.5, 0.6) is 0 Å². The zero-order chi connectivity index (χ0) is 12.0. The van der Waals surface area contributed by atoms with Crippen LogP contribution in [0.15, 0.2) is 0 Å². The van der Waals surface area contributed by atoms with Crippen LogP contribution in [0, 0.1) is 0 Å². The van der Waals surface area contributed by atoms with Gasteiger partial charge in [-0.1, -0.05) is 20.3 Å². The number of aliphatic hydroxyl groups excluding tert-OH is 1. The number of likely N-dealkylation sites (tertiary alicyclic amines) is 1. The summed E-state index contributed by atoms with van der Waals surface area (Å²) in [5.74, 6) is 0.195. The smallest absolute Gasteiger partial charge is 0.222 e. The van der Waals surface area contributed by atoms with Crippen molar-refractivity contribution < 1.29 is 9.90 Å². The van der Waals surface area contributed by atoms with Crippen molar-refractivity contribution >= 4 is 5.91 Å². The molecule has 0 saturated carbocycles. The molecular weight excluding hydrogens is 204 g/mol. The summed E-state index contributed by atoms with van der Waals surface area (Å²) in [6.07, 6.45) is 3.38. The maximum absolute atomic E-state index is 11.7. The molecule has 1 aliphatic heterocycles. The van der Waals surface area contributed by atoms with Gasteiger partial charge in [0.05, 0.1) is 6.10 Å². The first-order chi connectivity index (χ1) is 7.59. The van der Waals surface area contributed by atoms with E-state index in [1.807, 2.05) is 13.8 Å². The maximum atomic E-state index is 11.7. The van der Waals surface area contributed by atoms with Crippen LogP contribution in [0.25, 0.3) is 0 Å². The van der Waals surface area contributed by atoms with Crippen molar-refractivity contribution in [3.63, 3.8) is 0 Å². The summed E-state index contributed by atoms with van der Waals surface area (Å²) in [6.45, 7) is 5.92. The number of hydrogen-bond acceptors (Lipinski definition) is 3. The Morgan fingerprint density at radius 2 is 2.12 bits per heavy atom. The standard InChI is InChI=1S/C12H24N2O2/c1-10(2)13-8-11(15)9-14-7-5-3-4-6-12(14)16/h10-11,13,15H,3-9H2,1-2H3. The van der Waals surface area contributed by atoms with E-state index in [9.17, 15) is 9.90 Å². The fourth-order valence-electron chi connectivity index (χ4n) is 1.92. The van der Waals surface area contributed by atoms with Crippen LogP contribution in [0.3, 0.4) is 0 Å². The molecule has 16 heavy (non-hydrogen) atoms. The number of rotatable bonds is 5. The number of hydrogen-bond donors (Lipinski definition) is 2. The predicted octanol–water partition coefficient (Wildman–Crippen LogP) is 0.748. The SMILES string of the molecule is CC(C)NCC(O)CN1CCCCCC1=O. The highest BCUT2D eigenvalue weighted by molar-refractivity contribution is 5.76. The minimum Gasteiger partial charge on any atom is -0.390 e. The number of carbonyl (C=O) groups excluding carboxylic acids is 1. The molecule has 2 N–H and O–H groups in total. The highest BCUT2D eigenvalue weighted by Crippen LogP contribution is 2.11. The summed E-state index contributed by atoms with van der Waals surface area (Å²) < 4.78 is 0. The van der Waals surface area contributed by atoms with Crippen molar-refractivity contribution in [2.24, 2.45) is 0 Å². The van der Waals surface area contributed by atoms with E-state index in [0.717, 1.165) is 25.8 Å². The quantitative estimate of drug-likeness (QED) is 0.730. The maximum Gasteiger partial charge on any atom is 0.222 e. The highest BCUT2D eigenvalue weighted by atomic mass is 16.3. The fourth-order valence-corrected chi connectivity index (χ4v) is 1.92. The van der Waals surface area contributed by atoms with Crippen LogP contribution in [-0.4, -0.2) is 47.7 Å². The van der Waals surface area contributed by atoms with Crippen molar-refractivity contribution in [3.05, 3.63) is 0 Å². The van der Waals surface area contributed by atoms with Crippen molar-refractivity contribution in [1.29, 1.82) is 0 Å². The molecule has 1 atom stereocenters. The molecule has 0 aromatic carbocycles. The first-order valence-corrected chi connectivity index (χ1v) is 6.29. The Morgan fingerprint density at radius 3 is 2.81 bits per heavy atom. The number of nitrogens with one attached hydrogen (secondary N) is 1. The summed E-state index contributed by atoms with van der Waals surface area (Å²) in [6, 6.07) is 0.370. The molecule has 4 heteroatoms. The molecule has 4 nitrogen and oxygen atoms in total. The monoisotopic (exact) mass is 228 g/mol. The van der Waals surface area contributed by atoms with Gasteiger partial charge in [0.15, 0.2) is 0 Å². The lowest BCUT2D eigenvalue weighted by atomic mass is 10.2. The molecule has 1 fully saturated rings. The molecule has 1 aliphatic rings. The fraction of sp³-hybridized carbons (Fsp3) is 0.917. The third kappa shape index (κ3) is 4.94. The van der Waals surface area contributed by atoms with E-state index < -0.39 is 6.10 Å². The number of carbonyl (C=O) groups is 1. The van der Waals surface area contributed by atoms with Crippen molar-refractivity contribution in [2.45, 2.75) is 51.7 Å². The van der Waals surface area contributed by atoms with Crippen LogP contribution >= 0.6 is 0 Å². The molecule has 0 radical (unpaired) electrons. The molecule has 1 amide bonds. The summed E-state index contributed by atoms with van der Waals surface area (Å²) in [4.78, 5) is 13.5. The van der Waals surface area contributed by atoms with Gasteiger partial charge < -0.3 is 15.3 Å². The van der Waals surface area contributed by atoms with E-state index in [4.69, 9.17) is 0 Å². The Morgan fingerprint density at radius 1 is 1.38 bits per heavy atom. The summed E-state index contributed by atoms with van der Waals surface area (Å²) in [7, 11) is 0. The van der Waals surface area contributed by atoms with Gasteiger partial charge in [-0.2, -0.15) is 0 Å². The van der Waals surface area contributed by atoms with E-state index in [-0.39, 0.29) is 5.91 Å². The molecule has 0 bridgehead atoms. The zero-order valence-corrected chi connectivity index (χ0v) is 10.4. The van der Waals surface area contributed by atoms with Gasteiger partial charge in [0.2, 0.25) is 5.91 Å². The highest BCUT2D eigenvalue weighted by Gasteiger charge is 2.19.